The minimum Gasteiger partial charge on any atom is -0.374 e. The molecule has 322 valence electrons. The monoisotopic (exact) mass is 800 g/mol. The average molecular weight is 800 g/mol. The number of nitrogens with zero attached hydrogens (tertiary/aromatic N) is 1. The second-order valence-corrected chi connectivity index (χ2v) is 25.4. The van der Waals surface area contributed by atoms with Crippen LogP contribution < -0.4 is 0 Å². The lowest BCUT2D eigenvalue weighted by atomic mass is 9.62. The van der Waals surface area contributed by atoms with Gasteiger partial charge in [0.05, 0.1) is 12.2 Å². The third kappa shape index (κ3) is 8.19. The molecule has 2 heterocycles. The fourth-order valence-corrected chi connectivity index (χ4v) is 20.9. The standard InChI is InChI=1S/C54H89NOS/c1-3-10-36(11-4-1)38-18-20-39(21-19-38)41-24-30-44(31-25-41)55(43-28-22-40(23-29-43)37-12-5-2-6-13-37)45-32-26-42(27-33-45)46-15-9-16-47-48-34-35-51-52(54(48)56-53(46)47)49-14-7-8-17-50(49)57-51/h36-54H,1-35H2. The number of rotatable bonds is 7. The Kier molecular flexibility index (Phi) is 12.8. The van der Waals surface area contributed by atoms with Crippen LogP contribution in [0.4, 0.5) is 0 Å². The first-order valence-corrected chi connectivity index (χ1v) is 28.3. The van der Waals surface area contributed by atoms with Gasteiger partial charge in [0, 0.05) is 34.5 Å². The van der Waals surface area contributed by atoms with Crippen LogP contribution in [-0.4, -0.2) is 45.7 Å². The molecule has 11 rings (SSSR count). The predicted octanol–water partition coefficient (Wildman–Crippen LogP) is 14.8. The van der Waals surface area contributed by atoms with Crippen molar-refractivity contribution in [2.45, 2.75) is 266 Å². The van der Waals surface area contributed by atoms with E-state index in [0.717, 1.165) is 99.6 Å². The summed E-state index contributed by atoms with van der Waals surface area (Å²) >= 11 is 2.45. The van der Waals surface area contributed by atoms with E-state index in [-0.39, 0.29) is 0 Å². The molecule has 9 aliphatic carbocycles. The lowest BCUT2D eigenvalue weighted by Crippen LogP contribution is -2.53. The normalized spacial score (nSPS) is 50.2. The van der Waals surface area contributed by atoms with Crippen LogP contribution in [0.5, 0.6) is 0 Å². The van der Waals surface area contributed by atoms with Crippen molar-refractivity contribution in [3.63, 3.8) is 0 Å². The molecule has 3 heteroatoms. The van der Waals surface area contributed by atoms with E-state index in [1.165, 1.54) is 135 Å². The number of hydrogen-bond acceptors (Lipinski definition) is 3. The van der Waals surface area contributed by atoms with Gasteiger partial charge in [-0.2, -0.15) is 11.8 Å². The zero-order chi connectivity index (χ0) is 37.7. The molecular weight excluding hydrogens is 711 g/mol. The zero-order valence-electron chi connectivity index (χ0n) is 37.0. The molecule has 0 N–H and O–H groups in total. The van der Waals surface area contributed by atoms with Crippen LogP contribution in [0, 0.1) is 71.0 Å². The molecular formula is C54H89NOS. The minimum atomic E-state index is 0.626. The van der Waals surface area contributed by atoms with E-state index >= 15 is 0 Å². The van der Waals surface area contributed by atoms with Crippen LogP contribution in [0.15, 0.2) is 0 Å². The largest absolute Gasteiger partial charge is 0.374 e. The Morgan fingerprint density at radius 3 is 1.26 bits per heavy atom. The Morgan fingerprint density at radius 2 is 0.702 bits per heavy atom. The SMILES string of the molecule is C1CCC(C2CCC(C3CCC(N(C4CCC(C5CCCCC5)CC4)C4CCC(C5CCCC6C7CCC8SC9CCCCC9C8C7OC56)CC4)CC3)CC2)CC1. The van der Waals surface area contributed by atoms with Crippen molar-refractivity contribution in [2.75, 3.05) is 0 Å². The molecule has 0 aromatic heterocycles. The molecule has 2 nitrogen and oxygen atoms in total. The summed E-state index contributed by atoms with van der Waals surface area (Å²) in [7, 11) is 0. The van der Waals surface area contributed by atoms with Crippen molar-refractivity contribution in [2.24, 2.45) is 71.0 Å². The Bertz CT molecular complexity index is 1260. The lowest BCUT2D eigenvalue weighted by molar-refractivity contribution is -0.0777. The van der Waals surface area contributed by atoms with Gasteiger partial charge in [-0.3, -0.25) is 4.90 Å². The van der Waals surface area contributed by atoms with Crippen molar-refractivity contribution in [1.82, 2.24) is 4.90 Å². The smallest absolute Gasteiger partial charge is 0.0652 e. The van der Waals surface area contributed by atoms with E-state index in [2.05, 4.69) is 16.7 Å². The van der Waals surface area contributed by atoms with Crippen LogP contribution in [-0.2, 0) is 4.74 Å². The maximum atomic E-state index is 7.60. The molecule has 0 spiro atoms. The Morgan fingerprint density at radius 1 is 0.281 bits per heavy atom. The third-order valence-electron chi connectivity index (χ3n) is 21.6. The Labute approximate surface area is 356 Å². The van der Waals surface area contributed by atoms with Gasteiger partial charge in [0.1, 0.15) is 0 Å². The summed E-state index contributed by atoms with van der Waals surface area (Å²) in [5.74, 6) is 12.0. The molecule has 9 atom stereocenters. The summed E-state index contributed by atoms with van der Waals surface area (Å²) in [4.78, 5) is 3.35. The quantitative estimate of drug-likeness (QED) is 0.255. The van der Waals surface area contributed by atoms with Crippen molar-refractivity contribution >= 4 is 11.8 Å². The third-order valence-corrected chi connectivity index (χ3v) is 23.4. The van der Waals surface area contributed by atoms with Gasteiger partial charge in [-0.25, -0.2) is 0 Å². The summed E-state index contributed by atoms with van der Waals surface area (Å²) in [5, 5.41) is 1.92. The van der Waals surface area contributed by atoms with Crippen molar-refractivity contribution in [1.29, 1.82) is 0 Å². The van der Waals surface area contributed by atoms with Gasteiger partial charge in [-0.1, -0.05) is 83.5 Å². The van der Waals surface area contributed by atoms with Crippen molar-refractivity contribution < 1.29 is 4.74 Å². The summed E-state index contributed by atoms with van der Waals surface area (Å²) in [6, 6.07) is 2.69. The van der Waals surface area contributed by atoms with E-state index in [0.29, 0.717) is 12.2 Å². The predicted molar refractivity (Wildman–Crippen MR) is 241 cm³/mol. The van der Waals surface area contributed by atoms with Crippen LogP contribution in [0.3, 0.4) is 0 Å². The van der Waals surface area contributed by atoms with Crippen LogP contribution >= 0.6 is 11.8 Å². The molecule has 11 aliphatic rings. The van der Waals surface area contributed by atoms with Gasteiger partial charge in [0.15, 0.2) is 0 Å². The average Bonchev–Trinajstić information content (AvgIpc) is 3.87. The van der Waals surface area contributed by atoms with Crippen molar-refractivity contribution in [3.8, 4) is 0 Å². The van der Waals surface area contributed by atoms with Crippen molar-refractivity contribution in [3.05, 3.63) is 0 Å². The maximum absolute atomic E-state index is 7.60. The first-order valence-electron chi connectivity index (χ1n) is 27.3. The Hall–Kier alpha value is 0.270. The number of ether oxygens (including phenoxy) is 1. The van der Waals surface area contributed by atoms with E-state index in [1.807, 2.05) is 0 Å². The highest BCUT2D eigenvalue weighted by Crippen LogP contribution is 2.62. The number of fused-ring (bicyclic) bond motifs is 7. The zero-order valence-corrected chi connectivity index (χ0v) is 37.8. The van der Waals surface area contributed by atoms with Gasteiger partial charge >= 0.3 is 0 Å². The molecule has 0 bridgehead atoms. The highest BCUT2D eigenvalue weighted by molar-refractivity contribution is 8.00. The number of hydrogen-bond donors (Lipinski definition) is 0. The van der Waals surface area contributed by atoms with Crippen LogP contribution in [0.2, 0.25) is 0 Å². The van der Waals surface area contributed by atoms with Gasteiger partial charge in [0.2, 0.25) is 0 Å². The summed E-state index contributed by atoms with van der Waals surface area (Å²) in [6.45, 7) is 0. The summed E-state index contributed by atoms with van der Waals surface area (Å²) in [5.41, 5.74) is 0. The summed E-state index contributed by atoms with van der Waals surface area (Å²) in [6.07, 6.45) is 55.1. The fraction of sp³-hybridized carbons (Fsp3) is 1.00. The van der Waals surface area contributed by atoms with Gasteiger partial charge < -0.3 is 4.74 Å². The van der Waals surface area contributed by atoms with E-state index in [4.69, 9.17) is 4.74 Å². The molecule has 0 radical (unpaired) electrons. The van der Waals surface area contributed by atoms with E-state index in [1.54, 1.807) is 89.9 Å². The van der Waals surface area contributed by atoms with Crippen LogP contribution in [0.1, 0.15) is 225 Å². The second-order valence-electron chi connectivity index (χ2n) is 23.9. The molecule has 9 unspecified atom stereocenters. The fourth-order valence-electron chi connectivity index (χ4n) is 18.8. The minimum absolute atomic E-state index is 0.626. The second kappa shape index (κ2) is 18.2. The van der Waals surface area contributed by atoms with Gasteiger partial charge in [0.25, 0.3) is 0 Å². The number of thioether (sulfide) groups is 1. The first kappa shape index (κ1) is 40.1. The lowest BCUT2D eigenvalue weighted by Gasteiger charge is -2.51. The summed E-state index contributed by atoms with van der Waals surface area (Å²) < 4.78 is 7.60. The molecule has 0 aromatic rings. The molecule has 2 saturated heterocycles. The topological polar surface area (TPSA) is 12.5 Å². The molecule has 0 amide bonds. The molecule has 9 saturated carbocycles. The highest BCUT2D eigenvalue weighted by Gasteiger charge is 2.60. The molecule has 2 aliphatic heterocycles. The molecule has 11 fully saturated rings. The first-order chi connectivity index (χ1) is 28.2. The molecule has 57 heavy (non-hydrogen) atoms. The Balaban J connectivity index is 0.732. The van der Waals surface area contributed by atoms with Gasteiger partial charge in [-0.05, 0) is 206 Å². The van der Waals surface area contributed by atoms with Crippen LogP contribution in [0.25, 0.3) is 0 Å². The van der Waals surface area contributed by atoms with E-state index < -0.39 is 0 Å². The van der Waals surface area contributed by atoms with Gasteiger partial charge in [-0.15, -0.1) is 0 Å². The van der Waals surface area contributed by atoms with E-state index in [9.17, 15) is 0 Å². The maximum Gasteiger partial charge on any atom is 0.0652 e. The highest BCUT2D eigenvalue weighted by atomic mass is 32.2. The molecule has 0 aromatic carbocycles.